The number of aliphatic hydroxyl groups excluding tert-OH is 1. The summed E-state index contributed by atoms with van der Waals surface area (Å²) < 4.78 is 0. The van der Waals surface area contributed by atoms with E-state index in [1.165, 1.54) is 0 Å². The van der Waals surface area contributed by atoms with Crippen molar-refractivity contribution in [1.82, 2.24) is 15.5 Å². The van der Waals surface area contributed by atoms with E-state index in [0.717, 1.165) is 4.90 Å². The first-order valence-corrected chi connectivity index (χ1v) is 8.02. The third-order valence-corrected chi connectivity index (χ3v) is 3.99. The molecular weight excluding hydrogens is 340 g/mol. The summed E-state index contributed by atoms with van der Waals surface area (Å²) in [6.45, 7) is -0.861. The number of thiol groups is 1. The van der Waals surface area contributed by atoms with Crippen LogP contribution in [0.25, 0.3) is 0 Å². The number of likely N-dealkylation sites (tertiary alicyclic amines) is 1. The topological polar surface area (TPSA) is 162 Å². The highest BCUT2D eigenvalue weighted by Gasteiger charge is 2.37. The van der Waals surface area contributed by atoms with Crippen molar-refractivity contribution in [3.63, 3.8) is 0 Å². The molecule has 3 amide bonds. The average molecular weight is 362 g/mol. The van der Waals surface area contributed by atoms with E-state index in [2.05, 4.69) is 23.3 Å². The molecule has 0 aromatic rings. The van der Waals surface area contributed by atoms with Crippen LogP contribution in [0, 0.1) is 0 Å². The Labute approximate surface area is 144 Å². The Morgan fingerprint density at radius 2 is 2.00 bits per heavy atom. The van der Waals surface area contributed by atoms with E-state index in [9.17, 15) is 24.3 Å². The molecule has 0 spiro atoms. The third-order valence-electron chi connectivity index (χ3n) is 3.59. The Balaban J connectivity index is 2.57. The van der Waals surface area contributed by atoms with Crippen LogP contribution in [-0.4, -0.2) is 82.4 Å². The molecule has 0 aromatic heterocycles. The van der Waals surface area contributed by atoms with Crippen LogP contribution in [0.5, 0.6) is 0 Å². The van der Waals surface area contributed by atoms with E-state index in [-0.39, 0.29) is 12.3 Å². The van der Waals surface area contributed by atoms with Gasteiger partial charge in [-0.25, -0.2) is 4.79 Å². The second-order valence-corrected chi connectivity index (χ2v) is 5.70. The van der Waals surface area contributed by atoms with Gasteiger partial charge in [-0.1, -0.05) is 0 Å². The molecular formula is C13H22N4O6S. The lowest BCUT2D eigenvalue weighted by Crippen LogP contribution is -2.55. The zero-order valence-corrected chi connectivity index (χ0v) is 13.9. The van der Waals surface area contributed by atoms with Crippen LogP contribution in [0.4, 0.5) is 0 Å². The number of nitrogens with one attached hydrogen (secondary N) is 2. The normalized spacial score (nSPS) is 19.5. The Morgan fingerprint density at radius 3 is 2.54 bits per heavy atom. The minimum absolute atomic E-state index is 0.108. The van der Waals surface area contributed by atoms with Gasteiger partial charge in [0.05, 0.1) is 19.2 Å². The standard InChI is InChI=1S/C13H22N4O6S/c14-7(6-24)11(20)15-4-10(19)16-8(5-18)12(21)17-3-1-2-9(17)13(22)23/h7-9,18,24H,1-6,14H2,(H,15,20)(H,16,19)(H,22,23). The third kappa shape index (κ3) is 5.35. The Morgan fingerprint density at radius 1 is 1.33 bits per heavy atom. The number of aliphatic carboxylic acids is 1. The molecule has 1 heterocycles. The van der Waals surface area contributed by atoms with Gasteiger partial charge in [0.25, 0.3) is 0 Å². The molecule has 0 aromatic carbocycles. The quantitative estimate of drug-likeness (QED) is 0.249. The molecule has 136 valence electrons. The Bertz CT molecular complexity index is 503. The summed E-state index contributed by atoms with van der Waals surface area (Å²) in [5, 5.41) is 22.9. The molecule has 0 saturated carbocycles. The van der Waals surface area contributed by atoms with E-state index in [0.29, 0.717) is 12.8 Å². The predicted molar refractivity (Wildman–Crippen MR) is 86.2 cm³/mol. The largest absolute Gasteiger partial charge is 0.480 e. The van der Waals surface area contributed by atoms with Crippen LogP contribution >= 0.6 is 12.6 Å². The number of nitrogens with two attached hydrogens (primary N) is 1. The van der Waals surface area contributed by atoms with Crippen molar-refractivity contribution >= 4 is 36.3 Å². The Kier molecular flexibility index (Phi) is 7.95. The SMILES string of the molecule is NC(CS)C(=O)NCC(=O)NC(CO)C(=O)N1CCCC1C(=O)O. The molecule has 1 saturated heterocycles. The molecule has 6 N–H and O–H groups in total. The molecule has 1 aliphatic rings. The number of amides is 3. The molecule has 0 bridgehead atoms. The number of carboxylic acids is 1. The number of carbonyl (C=O) groups excluding carboxylic acids is 3. The zero-order chi connectivity index (χ0) is 18.3. The number of carboxylic acid groups (broad SMARTS) is 1. The number of rotatable bonds is 8. The summed E-state index contributed by atoms with van der Waals surface area (Å²) in [6, 6.07) is -3.10. The summed E-state index contributed by atoms with van der Waals surface area (Å²) in [4.78, 5) is 47.7. The lowest BCUT2D eigenvalue weighted by atomic mass is 10.2. The molecule has 1 fully saturated rings. The fourth-order valence-electron chi connectivity index (χ4n) is 2.30. The first-order chi connectivity index (χ1) is 11.3. The van der Waals surface area contributed by atoms with Crippen molar-refractivity contribution in [3.05, 3.63) is 0 Å². The first kappa shape index (κ1) is 20.2. The lowest BCUT2D eigenvalue weighted by Gasteiger charge is -2.26. The van der Waals surface area contributed by atoms with Crippen LogP contribution in [0.2, 0.25) is 0 Å². The summed E-state index contributed by atoms with van der Waals surface area (Å²) in [5.41, 5.74) is 5.43. The molecule has 0 aliphatic carbocycles. The molecule has 1 aliphatic heterocycles. The van der Waals surface area contributed by atoms with Gasteiger partial charge >= 0.3 is 5.97 Å². The summed E-state index contributed by atoms with van der Waals surface area (Å²) in [6.07, 6.45) is 0.858. The van der Waals surface area contributed by atoms with Gasteiger partial charge in [0.15, 0.2) is 0 Å². The van der Waals surface area contributed by atoms with Crippen LogP contribution in [0.1, 0.15) is 12.8 Å². The van der Waals surface area contributed by atoms with Crippen LogP contribution in [-0.2, 0) is 19.2 Å². The van der Waals surface area contributed by atoms with Gasteiger partial charge in [-0.05, 0) is 12.8 Å². The van der Waals surface area contributed by atoms with Crippen molar-refractivity contribution in [2.24, 2.45) is 5.73 Å². The highest BCUT2D eigenvalue weighted by molar-refractivity contribution is 7.80. The molecule has 11 heteroatoms. The molecule has 24 heavy (non-hydrogen) atoms. The van der Waals surface area contributed by atoms with E-state index in [1.54, 1.807) is 0 Å². The van der Waals surface area contributed by atoms with Gasteiger partial charge in [-0.2, -0.15) is 12.6 Å². The summed E-state index contributed by atoms with van der Waals surface area (Å²) >= 11 is 3.85. The summed E-state index contributed by atoms with van der Waals surface area (Å²) in [5.74, 6) is -2.96. The summed E-state index contributed by atoms with van der Waals surface area (Å²) in [7, 11) is 0. The fourth-order valence-corrected chi connectivity index (χ4v) is 2.47. The highest BCUT2D eigenvalue weighted by Crippen LogP contribution is 2.18. The number of nitrogens with zero attached hydrogens (tertiary/aromatic N) is 1. The van der Waals surface area contributed by atoms with Crippen molar-refractivity contribution < 1.29 is 29.4 Å². The van der Waals surface area contributed by atoms with Crippen molar-refractivity contribution in [2.45, 2.75) is 31.0 Å². The lowest BCUT2D eigenvalue weighted by molar-refractivity contribution is -0.149. The average Bonchev–Trinajstić information content (AvgIpc) is 3.05. The second-order valence-electron chi connectivity index (χ2n) is 5.34. The minimum Gasteiger partial charge on any atom is -0.480 e. The predicted octanol–water partition coefficient (Wildman–Crippen LogP) is -3.09. The van der Waals surface area contributed by atoms with E-state index >= 15 is 0 Å². The maximum Gasteiger partial charge on any atom is 0.326 e. The van der Waals surface area contributed by atoms with E-state index < -0.39 is 55.0 Å². The first-order valence-electron chi connectivity index (χ1n) is 7.39. The smallest absolute Gasteiger partial charge is 0.326 e. The molecule has 0 radical (unpaired) electrons. The minimum atomic E-state index is -1.27. The second kappa shape index (κ2) is 9.45. The van der Waals surface area contributed by atoms with Crippen molar-refractivity contribution in [3.8, 4) is 0 Å². The molecule has 3 atom stereocenters. The van der Waals surface area contributed by atoms with Gasteiger partial charge in [0.2, 0.25) is 17.7 Å². The number of carbonyl (C=O) groups is 4. The highest BCUT2D eigenvalue weighted by atomic mass is 32.1. The van der Waals surface area contributed by atoms with Gasteiger partial charge in [-0.3, -0.25) is 14.4 Å². The van der Waals surface area contributed by atoms with Gasteiger partial charge in [0.1, 0.15) is 12.1 Å². The monoisotopic (exact) mass is 362 g/mol. The zero-order valence-electron chi connectivity index (χ0n) is 13.0. The van der Waals surface area contributed by atoms with E-state index in [4.69, 9.17) is 10.8 Å². The molecule has 1 rings (SSSR count). The van der Waals surface area contributed by atoms with Crippen LogP contribution in [0.15, 0.2) is 0 Å². The van der Waals surface area contributed by atoms with Gasteiger partial charge in [0, 0.05) is 12.3 Å². The van der Waals surface area contributed by atoms with Crippen molar-refractivity contribution in [1.29, 1.82) is 0 Å². The Hall–Kier alpha value is -1.85. The van der Waals surface area contributed by atoms with Crippen LogP contribution < -0.4 is 16.4 Å². The number of aliphatic hydroxyl groups is 1. The van der Waals surface area contributed by atoms with Crippen LogP contribution in [0.3, 0.4) is 0 Å². The molecule has 10 nitrogen and oxygen atoms in total. The van der Waals surface area contributed by atoms with Crippen molar-refractivity contribution in [2.75, 3.05) is 25.4 Å². The number of hydrogen-bond donors (Lipinski definition) is 6. The van der Waals surface area contributed by atoms with Gasteiger partial charge in [-0.15, -0.1) is 0 Å². The fraction of sp³-hybridized carbons (Fsp3) is 0.692. The maximum absolute atomic E-state index is 12.3. The van der Waals surface area contributed by atoms with Gasteiger partial charge < -0.3 is 31.5 Å². The molecule has 3 unspecified atom stereocenters. The maximum atomic E-state index is 12.3. The number of hydrogen-bond acceptors (Lipinski definition) is 7. The van der Waals surface area contributed by atoms with E-state index in [1.807, 2.05) is 0 Å².